The summed E-state index contributed by atoms with van der Waals surface area (Å²) in [6, 6.07) is 12.3. The maximum Gasteiger partial charge on any atom is 0.251 e. The molecule has 1 aliphatic rings. The van der Waals surface area contributed by atoms with Gasteiger partial charge >= 0.3 is 0 Å². The molecule has 0 aliphatic carbocycles. The minimum atomic E-state index is -0.733. The molecule has 1 aliphatic heterocycles. The van der Waals surface area contributed by atoms with Crippen molar-refractivity contribution in [1.29, 1.82) is 0 Å². The van der Waals surface area contributed by atoms with E-state index in [1.807, 2.05) is 44.2 Å². The standard InChI is InChI=1S/C23H23ClN4O3/c1-4-17-21(14-6-5-7-15(11-14)31-3)22-26-23(30)19(28(22)27-17)12-20(29)25-18-9-8-13(2)10-16(18)24/h5-11,19H,4,12H2,1-3H3,(H,25,29)(H,26,30). The summed E-state index contributed by atoms with van der Waals surface area (Å²) in [6.07, 6.45) is 0.631. The molecule has 2 amide bonds. The van der Waals surface area contributed by atoms with Crippen LogP contribution < -0.4 is 15.4 Å². The van der Waals surface area contributed by atoms with Gasteiger partial charge in [-0.1, -0.05) is 36.7 Å². The third kappa shape index (κ3) is 4.01. The number of methoxy groups -OCH3 is 1. The number of hydrogen-bond donors (Lipinski definition) is 2. The number of nitrogens with zero attached hydrogens (tertiary/aromatic N) is 2. The normalized spacial score (nSPS) is 14.8. The van der Waals surface area contributed by atoms with E-state index in [1.165, 1.54) is 0 Å². The van der Waals surface area contributed by atoms with E-state index in [2.05, 4.69) is 15.7 Å². The van der Waals surface area contributed by atoms with Crippen LogP contribution in [0.2, 0.25) is 5.02 Å². The van der Waals surface area contributed by atoms with Crippen LogP contribution >= 0.6 is 11.6 Å². The molecule has 0 spiro atoms. The molecule has 0 fully saturated rings. The van der Waals surface area contributed by atoms with E-state index in [0.717, 1.165) is 28.1 Å². The molecule has 0 saturated heterocycles. The van der Waals surface area contributed by atoms with Gasteiger partial charge in [-0.2, -0.15) is 5.10 Å². The molecule has 1 unspecified atom stereocenters. The van der Waals surface area contributed by atoms with Crippen LogP contribution in [0.4, 0.5) is 11.5 Å². The number of aryl methyl sites for hydroxylation is 2. The highest BCUT2D eigenvalue weighted by Gasteiger charge is 2.36. The van der Waals surface area contributed by atoms with Crippen LogP contribution in [-0.2, 0) is 16.0 Å². The van der Waals surface area contributed by atoms with Gasteiger partial charge in [0.15, 0.2) is 0 Å². The molecule has 0 radical (unpaired) electrons. The third-order valence-corrected chi connectivity index (χ3v) is 5.61. The number of nitrogens with one attached hydrogen (secondary N) is 2. The number of aromatic nitrogens is 2. The molecule has 1 aromatic heterocycles. The Labute approximate surface area is 185 Å². The molecule has 160 valence electrons. The Morgan fingerprint density at radius 2 is 2.10 bits per heavy atom. The van der Waals surface area contributed by atoms with Gasteiger partial charge in [-0.3, -0.25) is 9.59 Å². The van der Waals surface area contributed by atoms with E-state index in [1.54, 1.807) is 23.9 Å². The fourth-order valence-electron chi connectivity index (χ4n) is 3.74. The smallest absolute Gasteiger partial charge is 0.251 e. The summed E-state index contributed by atoms with van der Waals surface area (Å²) in [5, 5.41) is 10.8. The average molecular weight is 439 g/mol. The lowest BCUT2D eigenvalue weighted by Crippen LogP contribution is -2.24. The minimum Gasteiger partial charge on any atom is -0.497 e. The molecule has 8 heteroatoms. The number of fused-ring (bicyclic) bond motifs is 1. The number of amides is 2. The molecule has 3 aromatic rings. The zero-order valence-corrected chi connectivity index (χ0v) is 18.3. The number of ether oxygens (including phenoxy) is 1. The first-order valence-corrected chi connectivity index (χ1v) is 10.4. The van der Waals surface area contributed by atoms with Gasteiger partial charge in [-0.25, -0.2) is 4.68 Å². The van der Waals surface area contributed by atoms with Crippen molar-refractivity contribution in [2.45, 2.75) is 32.7 Å². The molecule has 1 atom stereocenters. The molecule has 31 heavy (non-hydrogen) atoms. The Balaban J connectivity index is 1.62. The van der Waals surface area contributed by atoms with E-state index >= 15 is 0 Å². The fraction of sp³-hybridized carbons (Fsp3) is 0.261. The van der Waals surface area contributed by atoms with Crippen molar-refractivity contribution in [3.05, 3.63) is 58.7 Å². The highest BCUT2D eigenvalue weighted by atomic mass is 35.5. The van der Waals surface area contributed by atoms with Crippen molar-refractivity contribution >= 4 is 34.9 Å². The Hall–Kier alpha value is -3.32. The van der Waals surface area contributed by atoms with Gasteiger partial charge in [0.25, 0.3) is 5.91 Å². The SMILES string of the molecule is CCc1nn2c(c1-c1cccc(OC)c1)NC(=O)C2CC(=O)Nc1ccc(C)cc1Cl. The van der Waals surface area contributed by atoms with Crippen molar-refractivity contribution in [2.75, 3.05) is 17.7 Å². The van der Waals surface area contributed by atoms with Gasteiger partial charge in [0.2, 0.25) is 5.91 Å². The Kier molecular flexibility index (Phi) is 5.69. The monoisotopic (exact) mass is 438 g/mol. The summed E-state index contributed by atoms with van der Waals surface area (Å²) in [6.45, 7) is 3.93. The highest BCUT2D eigenvalue weighted by Crippen LogP contribution is 2.39. The average Bonchev–Trinajstić information content (AvgIpc) is 3.25. The van der Waals surface area contributed by atoms with Gasteiger partial charge in [0.05, 0.1) is 29.9 Å². The predicted molar refractivity (Wildman–Crippen MR) is 121 cm³/mol. The zero-order valence-electron chi connectivity index (χ0n) is 17.5. The quantitative estimate of drug-likeness (QED) is 0.588. The Morgan fingerprint density at radius 1 is 1.29 bits per heavy atom. The molecule has 4 rings (SSSR count). The first kappa shape index (κ1) is 20.9. The maximum atomic E-state index is 12.7. The lowest BCUT2D eigenvalue weighted by atomic mass is 10.0. The van der Waals surface area contributed by atoms with Crippen LogP contribution in [0.5, 0.6) is 5.75 Å². The van der Waals surface area contributed by atoms with Gasteiger partial charge < -0.3 is 15.4 Å². The number of carbonyl (C=O) groups excluding carboxylic acids is 2. The molecular weight excluding hydrogens is 416 g/mol. The van der Waals surface area contributed by atoms with Crippen LogP contribution in [0, 0.1) is 6.92 Å². The fourth-order valence-corrected chi connectivity index (χ4v) is 4.03. The molecule has 2 aromatic carbocycles. The van der Waals surface area contributed by atoms with E-state index in [-0.39, 0.29) is 18.2 Å². The maximum absolute atomic E-state index is 12.7. The number of hydrogen-bond acceptors (Lipinski definition) is 4. The lowest BCUT2D eigenvalue weighted by Gasteiger charge is -2.11. The number of benzene rings is 2. The van der Waals surface area contributed by atoms with Crippen LogP contribution in [0.3, 0.4) is 0 Å². The lowest BCUT2D eigenvalue weighted by molar-refractivity contribution is -0.123. The first-order valence-electron chi connectivity index (χ1n) is 10.0. The first-order chi connectivity index (χ1) is 14.9. The van der Waals surface area contributed by atoms with Crippen molar-refractivity contribution in [2.24, 2.45) is 0 Å². The third-order valence-electron chi connectivity index (χ3n) is 5.29. The topological polar surface area (TPSA) is 85.2 Å². The van der Waals surface area contributed by atoms with E-state index in [0.29, 0.717) is 22.9 Å². The second-order valence-corrected chi connectivity index (χ2v) is 7.85. The van der Waals surface area contributed by atoms with Gasteiger partial charge in [-0.15, -0.1) is 0 Å². The van der Waals surface area contributed by atoms with Gasteiger partial charge in [0, 0.05) is 5.56 Å². The van der Waals surface area contributed by atoms with Gasteiger partial charge in [0.1, 0.15) is 17.6 Å². The van der Waals surface area contributed by atoms with Crippen LogP contribution in [0.1, 0.15) is 30.6 Å². The summed E-state index contributed by atoms with van der Waals surface area (Å²) in [7, 11) is 1.61. The zero-order chi connectivity index (χ0) is 22.1. The number of rotatable bonds is 6. The second-order valence-electron chi connectivity index (χ2n) is 7.44. The van der Waals surface area contributed by atoms with Crippen molar-refractivity contribution in [3.63, 3.8) is 0 Å². The summed E-state index contributed by atoms with van der Waals surface area (Å²) in [5.74, 6) is 0.741. The van der Waals surface area contributed by atoms with Crippen molar-refractivity contribution in [1.82, 2.24) is 9.78 Å². The summed E-state index contributed by atoms with van der Waals surface area (Å²) in [4.78, 5) is 25.4. The summed E-state index contributed by atoms with van der Waals surface area (Å²) in [5.41, 5.74) is 4.10. The molecular formula is C23H23ClN4O3. The Bertz CT molecular complexity index is 1170. The minimum absolute atomic E-state index is 0.0502. The summed E-state index contributed by atoms with van der Waals surface area (Å²) >= 11 is 6.21. The number of carbonyl (C=O) groups is 2. The van der Waals surface area contributed by atoms with Crippen molar-refractivity contribution in [3.8, 4) is 16.9 Å². The molecule has 7 nitrogen and oxygen atoms in total. The van der Waals surface area contributed by atoms with E-state index in [9.17, 15) is 9.59 Å². The van der Waals surface area contributed by atoms with Crippen molar-refractivity contribution < 1.29 is 14.3 Å². The number of anilines is 2. The van der Waals surface area contributed by atoms with Crippen LogP contribution in [-0.4, -0.2) is 28.7 Å². The summed E-state index contributed by atoms with van der Waals surface area (Å²) < 4.78 is 6.95. The van der Waals surface area contributed by atoms with Crippen LogP contribution in [0.25, 0.3) is 11.1 Å². The van der Waals surface area contributed by atoms with E-state index in [4.69, 9.17) is 16.3 Å². The van der Waals surface area contributed by atoms with E-state index < -0.39 is 6.04 Å². The van der Waals surface area contributed by atoms with Crippen LogP contribution in [0.15, 0.2) is 42.5 Å². The molecule has 0 saturated carbocycles. The second kappa shape index (κ2) is 8.43. The van der Waals surface area contributed by atoms with Gasteiger partial charge in [-0.05, 0) is 48.7 Å². The molecule has 0 bridgehead atoms. The molecule has 2 heterocycles. The Morgan fingerprint density at radius 3 is 2.81 bits per heavy atom. The highest BCUT2D eigenvalue weighted by molar-refractivity contribution is 6.33. The molecule has 2 N–H and O–H groups in total. The predicted octanol–water partition coefficient (Wildman–Crippen LogP) is 4.60. The largest absolute Gasteiger partial charge is 0.497 e. The number of halogens is 1.